The van der Waals surface area contributed by atoms with Gasteiger partial charge in [-0.05, 0) is 38.1 Å². The number of carbonyl (C=O) groups excluding carboxylic acids is 1. The summed E-state index contributed by atoms with van der Waals surface area (Å²) in [6, 6.07) is 0.288. The number of nitrogens with zero attached hydrogens (tertiary/aromatic N) is 1. The quantitative estimate of drug-likeness (QED) is 0.730. The summed E-state index contributed by atoms with van der Waals surface area (Å²) in [6.07, 6.45) is 7.52. The molecule has 0 aromatic rings. The van der Waals surface area contributed by atoms with E-state index >= 15 is 0 Å². The van der Waals surface area contributed by atoms with Crippen LogP contribution in [-0.4, -0.2) is 36.0 Å². The Morgan fingerprint density at radius 2 is 2.06 bits per heavy atom. The third-order valence-electron chi connectivity index (χ3n) is 4.22. The molecule has 1 aliphatic heterocycles. The molecule has 3 unspecified atom stereocenters. The van der Waals surface area contributed by atoms with E-state index in [1.165, 1.54) is 38.6 Å². The second-order valence-corrected chi connectivity index (χ2v) is 5.23. The molecule has 0 radical (unpaired) electrons. The monoisotopic (exact) mass is 225 g/mol. The van der Waals surface area contributed by atoms with Gasteiger partial charge in [0.1, 0.15) is 0 Å². The number of carbonyl (C=O) groups is 1. The van der Waals surface area contributed by atoms with Crippen LogP contribution in [-0.2, 0) is 4.79 Å². The molecule has 1 saturated carbocycles. The van der Waals surface area contributed by atoms with E-state index in [0.29, 0.717) is 6.42 Å². The number of nitrogens with two attached hydrogens (primary N) is 2. The minimum absolute atomic E-state index is 0.376. The van der Waals surface area contributed by atoms with E-state index in [1.807, 2.05) is 0 Å². The topological polar surface area (TPSA) is 72.3 Å². The number of primary amides is 1. The Hall–Kier alpha value is -0.610. The summed E-state index contributed by atoms with van der Waals surface area (Å²) in [4.78, 5) is 13.4. The second kappa shape index (κ2) is 5.15. The maximum atomic E-state index is 10.9. The summed E-state index contributed by atoms with van der Waals surface area (Å²) in [5.41, 5.74) is 10.8. The van der Waals surface area contributed by atoms with Crippen molar-refractivity contribution in [2.24, 2.45) is 17.4 Å². The number of hydrogen-bond acceptors (Lipinski definition) is 3. The van der Waals surface area contributed by atoms with Crippen molar-refractivity contribution >= 4 is 5.91 Å². The summed E-state index contributed by atoms with van der Waals surface area (Å²) in [5.74, 6) is 0.526. The lowest BCUT2D eigenvalue weighted by Gasteiger charge is -2.32. The smallest absolute Gasteiger partial charge is 0.234 e. The van der Waals surface area contributed by atoms with E-state index in [1.54, 1.807) is 0 Å². The van der Waals surface area contributed by atoms with E-state index < -0.39 is 6.04 Å². The zero-order valence-corrected chi connectivity index (χ0v) is 9.90. The molecular formula is C12H23N3O. The maximum Gasteiger partial charge on any atom is 0.234 e. The highest BCUT2D eigenvalue weighted by molar-refractivity contribution is 5.79. The Kier molecular flexibility index (Phi) is 3.82. The van der Waals surface area contributed by atoms with Crippen LogP contribution in [0.1, 0.15) is 38.5 Å². The average molecular weight is 225 g/mol. The molecule has 16 heavy (non-hydrogen) atoms. The lowest BCUT2D eigenvalue weighted by atomic mass is 9.85. The molecule has 0 bridgehead atoms. The molecule has 4 heteroatoms. The van der Waals surface area contributed by atoms with Gasteiger partial charge in [-0.1, -0.05) is 12.8 Å². The SMILES string of the molecule is NC(=O)C(N)CCN1CCC2CCCCC21. The number of amides is 1. The molecule has 2 fully saturated rings. The first-order valence-electron chi connectivity index (χ1n) is 6.47. The normalized spacial score (nSPS) is 32.3. The number of hydrogen-bond donors (Lipinski definition) is 2. The Morgan fingerprint density at radius 3 is 2.81 bits per heavy atom. The predicted molar refractivity (Wildman–Crippen MR) is 63.7 cm³/mol. The van der Waals surface area contributed by atoms with Crippen LogP contribution >= 0.6 is 0 Å². The van der Waals surface area contributed by atoms with Gasteiger partial charge in [-0.15, -0.1) is 0 Å². The van der Waals surface area contributed by atoms with Crippen molar-refractivity contribution < 1.29 is 4.79 Å². The van der Waals surface area contributed by atoms with Gasteiger partial charge in [0.25, 0.3) is 0 Å². The summed E-state index contributed by atoms with van der Waals surface area (Å²) in [5, 5.41) is 0. The van der Waals surface area contributed by atoms with Gasteiger partial charge in [-0.2, -0.15) is 0 Å². The molecule has 2 rings (SSSR count). The van der Waals surface area contributed by atoms with Crippen molar-refractivity contribution in [3.05, 3.63) is 0 Å². The van der Waals surface area contributed by atoms with E-state index in [2.05, 4.69) is 4.90 Å². The Morgan fingerprint density at radius 1 is 1.31 bits per heavy atom. The third-order valence-corrected chi connectivity index (χ3v) is 4.22. The highest BCUT2D eigenvalue weighted by atomic mass is 16.1. The van der Waals surface area contributed by atoms with E-state index in [-0.39, 0.29) is 5.91 Å². The fourth-order valence-corrected chi connectivity index (χ4v) is 3.23. The van der Waals surface area contributed by atoms with Crippen molar-refractivity contribution in [1.82, 2.24) is 4.90 Å². The lowest BCUT2D eigenvalue weighted by molar-refractivity contribution is -0.119. The van der Waals surface area contributed by atoms with Crippen molar-refractivity contribution in [2.75, 3.05) is 13.1 Å². The first kappa shape index (κ1) is 11.9. The van der Waals surface area contributed by atoms with Crippen molar-refractivity contribution in [2.45, 2.75) is 50.6 Å². The van der Waals surface area contributed by atoms with E-state index in [0.717, 1.165) is 18.5 Å². The van der Waals surface area contributed by atoms with E-state index in [9.17, 15) is 4.79 Å². The van der Waals surface area contributed by atoms with Crippen LogP contribution in [0.4, 0.5) is 0 Å². The summed E-state index contributed by atoms with van der Waals surface area (Å²) >= 11 is 0. The Labute approximate surface area is 97.3 Å². The third kappa shape index (κ3) is 2.55. The van der Waals surface area contributed by atoms with Crippen molar-refractivity contribution in [3.8, 4) is 0 Å². The van der Waals surface area contributed by atoms with Crippen LogP contribution < -0.4 is 11.5 Å². The van der Waals surface area contributed by atoms with Crippen molar-refractivity contribution in [3.63, 3.8) is 0 Å². The molecule has 1 heterocycles. The molecule has 0 spiro atoms. The molecule has 4 nitrogen and oxygen atoms in total. The zero-order chi connectivity index (χ0) is 11.5. The largest absolute Gasteiger partial charge is 0.368 e. The summed E-state index contributed by atoms with van der Waals surface area (Å²) in [7, 11) is 0. The number of fused-ring (bicyclic) bond motifs is 1. The molecule has 92 valence electrons. The molecule has 0 aromatic heterocycles. The first-order chi connectivity index (χ1) is 7.68. The van der Waals surface area contributed by atoms with Gasteiger partial charge in [0.05, 0.1) is 6.04 Å². The van der Waals surface area contributed by atoms with E-state index in [4.69, 9.17) is 11.5 Å². The predicted octanol–water partition coefficient (Wildman–Crippen LogP) is 0.454. The average Bonchev–Trinajstić information content (AvgIpc) is 2.69. The fourth-order valence-electron chi connectivity index (χ4n) is 3.23. The molecule has 0 aromatic carbocycles. The molecule has 1 amide bonds. The zero-order valence-electron chi connectivity index (χ0n) is 9.90. The van der Waals surface area contributed by atoms with Gasteiger partial charge in [-0.3, -0.25) is 4.79 Å². The van der Waals surface area contributed by atoms with Crippen LogP contribution in [0.3, 0.4) is 0 Å². The summed E-state index contributed by atoms with van der Waals surface area (Å²) in [6.45, 7) is 2.12. The van der Waals surface area contributed by atoms with Crippen LogP contribution in [0.15, 0.2) is 0 Å². The van der Waals surface area contributed by atoms with Crippen LogP contribution in [0.2, 0.25) is 0 Å². The second-order valence-electron chi connectivity index (χ2n) is 5.23. The summed E-state index contributed by atoms with van der Waals surface area (Å²) < 4.78 is 0. The van der Waals surface area contributed by atoms with Gasteiger partial charge < -0.3 is 16.4 Å². The maximum absolute atomic E-state index is 10.9. The van der Waals surface area contributed by atoms with Gasteiger partial charge in [0.2, 0.25) is 5.91 Å². The molecule has 1 aliphatic carbocycles. The first-order valence-corrected chi connectivity index (χ1v) is 6.47. The molecular weight excluding hydrogens is 202 g/mol. The van der Waals surface area contributed by atoms with Gasteiger partial charge in [0, 0.05) is 12.6 Å². The highest BCUT2D eigenvalue weighted by Gasteiger charge is 2.35. The lowest BCUT2D eigenvalue weighted by Crippen LogP contribution is -2.42. The van der Waals surface area contributed by atoms with Gasteiger partial charge >= 0.3 is 0 Å². The van der Waals surface area contributed by atoms with Crippen LogP contribution in [0.5, 0.6) is 0 Å². The molecule has 1 saturated heterocycles. The standard InChI is InChI=1S/C12H23N3O/c13-10(12(14)16)6-8-15-7-5-9-3-1-2-4-11(9)15/h9-11H,1-8,13H2,(H2,14,16). The van der Waals surface area contributed by atoms with Gasteiger partial charge in [0.15, 0.2) is 0 Å². The van der Waals surface area contributed by atoms with Gasteiger partial charge in [-0.25, -0.2) is 0 Å². The van der Waals surface area contributed by atoms with Crippen LogP contribution in [0.25, 0.3) is 0 Å². The molecule has 4 N–H and O–H groups in total. The molecule has 2 aliphatic rings. The molecule has 3 atom stereocenters. The highest BCUT2D eigenvalue weighted by Crippen LogP contribution is 2.35. The minimum atomic E-state index is -0.470. The fraction of sp³-hybridized carbons (Fsp3) is 0.917. The number of likely N-dealkylation sites (tertiary alicyclic amines) is 1. The van der Waals surface area contributed by atoms with Crippen molar-refractivity contribution in [1.29, 1.82) is 0 Å². The number of rotatable bonds is 4. The Bertz CT molecular complexity index is 257. The Balaban J connectivity index is 1.79. The minimum Gasteiger partial charge on any atom is -0.368 e. The van der Waals surface area contributed by atoms with Crippen LogP contribution in [0, 0.1) is 5.92 Å².